The maximum atomic E-state index is 10.7. The average Bonchev–Trinajstić information content (AvgIpc) is 3.26. The van der Waals surface area contributed by atoms with Crippen LogP contribution >= 0.6 is 11.3 Å². The first kappa shape index (κ1) is 23.0. The molecule has 1 aromatic carbocycles. The molecule has 1 aromatic heterocycles. The number of guanidine groups is 1. The first-order chi connectivity index (χ1) is 14.0. The summed E-state index contributed by atoms with van der Waals surface area (Å²) in [5.74, 6) is 2.26. The molecule has 0 aliphatic heterocycles. The second kappa shape index (κ2) is 11.7. The second-order valence-corrected chi connectivity index (χ2v) is 7.84. The third kappa shape index (κ3) is 7.25. The van der Waals surface area contributed by atoms with Crippen molar-refractivity contribution in [3.63, 3.8) is 0 Å². The van der Waals surface area contributed by atoms with Crippen molar-refractivity contribution in [1.82, 2.24) is 10.6 Å². The van der Waals surface area contributed by atoms with E-state index in [-0.39, 0.29) is 0 Å². The number of aliphatic hydroxyl groups is 1. The zero-order chi connectivity index (χ0) is 21.1. The molecule has 160 valence electrons. The van der Waals surface area contributed by atoms with Gasteiger partial charge < -0.3 is 25.2 Å². The standard InChI is InChI=1S/C22H33N3O3S/c1-5-23-21(25-16-22(3,26)20-10-8-14-29-20)24-13-7-9-17-11-12-18(27-4)19(15-17)28-6-2/h8,10-12,14-15,26H,5-7,9,13,16H2,1-4H3,(H2,23,24,25). The van der Waals surface area contributed by atoms with Crippen LogP contribution < -0.4 is 20.1 Å². The Morgan fingerprint density at radius 2 is 2.03 bits per heavy atom. The molecule has 0 amide bonds. The van der Waals surface area contributed by atoms with E-state index in [4.69, 9.17) is 9.47 Å². The lowest BCUT2D eigenvalue weighted by molar-refractivity contribution is 0.0711. The molecule has 1 unspecified atom stereocenters. The maximum Gasteiger partial charge on any atom is 0.191 e. The van der Waals surface area contributed by atoms with E-state index in [1.54, 1.807) is 25.4 Å². The molecular formula is C22H33N3O3S. The molecule has 0 spiro atoms. The van der Waals surface area contributed by atoms with Crippen LogP contribution in [0.15, 0.2) is 40.7 Å². The van der Waals surface area contributed by atoms with Crippen molar-refractivity contribution in [3.05, 3.63) is 46.2 Å². The second-order valence-electron chi connectivity index (χ2n) is 6.89. The molecule has 0 bridgehead atoms. The van der Waals surface area contributed by atoms with Crippen LogP contribution in [-0.4, -0.2) is 44.4 Å². The van der Waals surface area contributed by atoms with Crippen molar-refractivity contribution < 1.29 is 14.6 Å². The first-order valence-corrected chi connectivity index (χ1v) is 11.0. The minimum atomic E-state index is -0.963. The van der Waals surface area contributed by atoms with Crippen LogP contribution in [0, 0.1) is 0 Å². The van der Waals surface area contributed by atoms with Gasteiger partial charge in [0.05, 0.1) is 20.3 Å². The average molecular weight is 420 g/mol. The van der Waals surface area contributed by atoms with Gasteiger partial charge in [-0.15, -0.1) is 11.3 Å². The van der Waals surface area contributed by atoms with Crippen LogP contribution in [0.3, 0.4) is 0 Å². The van der Waals surface area contributed by atoms with E-state index in [1.807, 2.05) is 43.5 Å². The molecular weight excluding hydrogens is 386 g/mol. The summed E-state index contributed by atoms with van der Waals surface area (Å²) < 4.78 is 11.0. The van der Waals surface area contributed by atoms with E-state index >= 15 is 0 Å². The summed E-state index contributed by atoms with van der Waals surface area (Å²) in [4.78, 5) is 5.48. The van der Waals surface area contributed by atoms with Gasteiger partial charge in [-0.3, -0.25) is 0 Å². The Labute approximate surface area is 178 Å². The lowest BCUT2D eigenvalue weighted by atomic mass is 10.1. The third-order valence-electron chi connectivity index (χ3n) is 4.40. The summed E-state index contributed by atoms with van der Waals surface area (Å²) in [6.07, 6.45) is 1.87. The number of nitrogens with one attached hydrogen (secondary N) is 2. The minimum absolute atomic E-state index is 0.305. The SMILES string of the molecule is CCNC(=NCC(C)(O)c1cccs1)NCCCc1ccc(OC)c(OCC)c1. The lowest BCUT2D eigenvalue weighted by Crippen LogP contribution is -2.39. The summed E-state index contributed by atoms with van der Waals surface area (Å²) in [6, 6.07) is 9.94. The van der Waals surface area contributed by atoms with E-state index < -0.39 is 5.60 Å². The first-order valence-electron chi connectivity index (χ1n) is 10.1. The van der Waals surface area contributed by atoms with Crippen molar-refractivity contribution in [3.8, 4) is 11.5 Å². The van der Waals surface area contributed by atoms with Crippen LogP contribution in [0.2, 0.25) is 0 Å². The third-order valence-corrected chi connectivity index (χ3v) is 5.53. The highest BCUT2D eigenvalue weighted by molar-refractivity contribution is 7.10. The molecule has 7 heteroatoms. The number of hydrogen-bond acceptors (Lipinski definition) is 5. The molecule has 6 nitrogen and oxygen atoms in total. The molecule has 0 radical (unpaired) electrons. The van der Waals surface area contributed by atoms with Crippen LogP contribution in [0.25, 0.3) is 0 Å². The summed E-state index contributed by atoms with van der Waals surface area (Å²) >= 11 is 1.54. The zero-order valence-corrected chi connectivity index (χ0v) is 18.6. The summed E-state index contributed by atoms with van der Waals surface area (Å²) in [5, 5.41) is 19.2. The number of aliphatic imine (C=N–C) groups is 1. The van der Waals surface area contributed by atoms with Gasteiger partial charge in [-0.25, -0.2) is 4.99 Å². The number of benzene rings is 1. The Morgan fingerprint density at radius 1 is 1.21 bits per heavy atom. The Balaban J connectivity index is 1.87. The van der Waals surface area contributed by atoms with E-state index in [1.165, 1.54) is 5.56 Å². The van der Waals surface area contributed by atoms with Crippen molar-refractivity contribution in [2.75, 3.05) is 33.4 Å². The Kier molecular flexibility index (Phi) is 9.28. The number of methoxy groups -OCH3 is 1. The Hall–Kier alpha value is -2.25. The van der Waals surface area contributed by atoms with Gasteiger partial charge in [-0.1, -0.05) is 12.1 Å². The molecule has 2 rings (SSSR count). The van der Waals surface area contributed by atoms with E-state index in [2.05, 4.69) is 21.7 Å². The van der Waals surface area contributed by atoms with Crippen LogP contribution in [0.4, 0.5) is 0 Å². The number of nitrogens with zero attached hydrogens (tertiary/aromatic N) is 1. The monoisotopic (exact) mass is 419 g/mol. The molecule has 0 aliphatic carbocycles. The molecule has 0 saturated carbocycles. The zero-order valence-electron chi connectivity index (χ0n) is 17.8. The quantitative estimate of drug-likeness (QED) is 0.295. The van der Waals surface area contributed by atoms with E-state index in [0.29, 0.717) is 19.1 Å². The number of rotatable bonds is 11. The van der Waals surface area contributed by atoms with Gasteiger partial charge in [0.25, 0.3) is 0 Å². The van der Waals surface area contributed by atoms with Crippen molar-refractivity contribution in [2.45, 2.75) is 39.2 Å². The molecule has 1 heterocycles. The fraction of sp³-hybridized carbons (Fsp3) is 0.500. The number of thiophene rings is 1. The molecule has 0 aliphatic rings. The van der Waals surface area contributed by atoms with Gasteiger partial charge in [0, 0.05) is 18.0 Å². The predicted octanol–water partition coefficient (Wildman–Crippen LogP) is 3.55. The normalized spacial score (nSPS) is 13.6. The van der Waals surface area contributed by atoms with Crippen LogP contribution in [-0.2, 0) is 12.0 Å². The fourth-order valence-electron chi connectivity index (χ4n) is 2.88. The molecule has 1 atom stereocenters. The molecule has 29 heavy (non-hydrogen) atoms. The summed E-state index contributed by atoms with van der Waals surface area (Å²) in [7, 11) is 1.65. The number of aryl methyl sites for hydroxylation is 1. The highest BCUT2D eigenvalue weighted by Gasteiger charge is 2.23. The Morgan fingerprint density at radius 3 is 2.69 bits per heavy atom. The number of ether oxygens (including phenoxy) is 2. The number of hydrogen-bond donors (Lipinski definition) is 3. The lowest BCUT2D eigenvalue weighted by Gasteiger charge is -2.20. The van der Waals surface area contributed by atoms with Crippen LogP contribution in [0.1, 0.15) is 37.6 Å². The molecule has 0 fully saturated rings. The Bertz CT molecular complexity index is 761. The largest absolute Gasteiger partial charge is 0.493 e. The highest BCUT2D eigenvalue weighted by Crippen LogP contribution is 2.28. The topological polar surface area (TPSA) is 75.1 Å². The van der Waals surface area contributed by atoms with Crippen LogP contribution in [0.5, 0.6) is 11.5 Å². The van der Waals surface area contributed by atoms with Gasteiger partial charge in [0.2, 0.25) is 0 Å². The van der Waals surface area contributed by atoms with E-state index in [0.717, 1.165) is 42.3 Å². The predicted molar refractivity (Wildman–Crippen MR) is 120 cm³/mol. The maximum absolute atomic E-state index is 10.7. The minimum Gasteiger partial charge on any atom is -0.493 e. The van der Waals surface area contributed by atoms with Gasteiger partial charge in [0.1, 0.15) is 5.60 Å². The van der Waals surface area contributed by atoms with Gasteiger partial charge in [0.15, 0.2) is 17.5 Å². The van der Waals surface area contributed by atoms with E-state index in [9.17, 15) is 5.11 Å². The van der Waals surface area contributed by atoms with Gasteiger partial charge in [-0.05, 0) is 62.8 Å². The molecule has 2 aromatic rings. The molecule has 3 N–H and O–H groups in total. The highest BCUT2D eigenvalue weighted by atomic mass is 32.1. The van der Waals surface area contributed by atoms with Crippen molar-refractivity contribution >= 4 is 17.3 Å². The summed E-state index contributed by atoms with van der Waals surface area (Å²) in [5.41, 5.74) is 0.244. The smallest absolute Gasteiger partial charge is 0.191 e. The van der Waals surface area contributed by atoms with Gasteiger partial charge >= 0.3 is 0 Å². The van der Waals surface area contributed by atoms with Gasteiger partial charge in [-0.2, -0.15) is 0 Å². The fourth-order valence-corrected chi connectivity index (χ4v) is 3.66. The van der Waals surface area contributed by atoms with Crippen molar-refractivity contribution in [2.24, 2.45) is 4.99 Å². The molecule has 0 saturated heterocycles. The van der Waals surface area contributed by atoms with Crippen molar-refractivity contribution in [1.29, 1.82) is 0 Å². The summed E-state index contributed by atoms with van der Waals surface area (Å²) in [6.45, 7) is 8.25.